The van der Waals surface area contributed by atoms with Crippen LogP contribution in [0.2, 0.25) is 0 Å². The van der Waals surface area contributed by atoms with Crippen LogP contribution in [-0.4, -0.2) is 4.98 Å². The molecule has 0 aliphatic carbocycles. The molecule has 1 heterocycles. The first-order valence-corrected chi connectivity index (χ1v) is 7.07. The predicted octanol–water partition coefficient (Wildman–Crippen LogP) is 3.96. The molecule has 2 aromatic rings. The van der Waals surface area contributed by atoms with E-state index in [9.17, 15) is 0 Å². The minimum Gasteiger partial charge on any atom is -0.325 e. The highest BCUT2D eigenvalue weighted by Gasteiger charge is 2.12. The Balaban J connectivity index is 2.56. The van der Waals surface area contributed by atoms with Gasteiger partial charge in [-0.1, -0.05) is 6.07 Å². The lowest BCUT2D eigenvalue weighted by Crippen LogP contribution is -1.97. The molecule has 0 spiro atoms. The Bertz CT molecular complexity index is 561. The highest BCUT2D eigenvalue weighted by molar-refractivity contribution is 9.11. The third kappa shape index (κ3) is 2.44. The molecule has 0 aliphatic heterocycles. The molecule has 1 aromatic carbocycles. The van der Waals surface area contributed by atoms with Gasteiger partial charge in [0.15, 0.2) is 0 Å². The number of rotatable bonds is 2. The number of hydrogen-bond donors (Lipinski definition) is 1. The van der Waals surface area contributed by atoms with Crippen LogP contribution in [0.1, 0.15) is 22.4 Å². The van der Waals surface area contributed by atoms with E-state index in [4.69, 9.17) is 5.73 Å². The third-order valence-corrected chi connectivity index (χ3v) is 4.78. The van der Waals surface area contributed by atoms with Gasteiger partial charge in [0.25, 0.3) is 0 Å². The van der Waals surface area contributed by atoms with Crippen molar-refractivity contribution in [2.24, 2.45) is 5.73 Å². The molecule has 2 rings (SSSR count). The number of halogens is 1. The summed E-state index contributed by atoms with van der Waals surface area (Å²) in [6.07, 6.45) is 0. The second-order valence-corrected chi connectivity index (χ2v) is 6.51. The second-order valence-electron chi connectivity index (χ2n) is 4.19. The molecule has 0 saturated carbocycles. The smallest absolute Gasteiger partial charge is 0.125 e. The predicted molar refractivity (Wildman–Crippen MR) is 77.4 cm³/mol. The van der Waals surface area contributed by atoms with Gasteiger partial charge in [-0.3, -0.25) is 0 Å². The van der Waals surface area contributed by atoms with Gasteiger partial charge in [0.2, 0.25) is 0 Å². The third-order valence-electron chi connectivity index (χ3n) is 2.91. The van der Waals surface area contributed by atoms with Crippen LogP contribution in [-0.2, 0) is 6.54 Å². The molecular formula is C13H15BrN2S. The first-order chi connectivity index (χ1) is 8.02. The van der Waals surface area contributed by atoms with Gasteiger partial charge in [-0.2, -0.15) is 0 Å². The van der Waals surface area contributed by atoms with Gasteiger partial charge in [-0.05, 0) is 59.5 Å². The standard InChI is InChI=1S/C13H15BrN2S/c1-7-4-9(3)10(5-8(7)2)13-16-11(6-15)12(14)17-13/h4-5H,6,15H2,1-3H3. The molecule has 17 heavy (non-hydrogen) atoms. The van der Waals surface area contributed by atoms with Crippen molar-refractivity contribution < 1.29 is 0 Å². The first-order valence-electron chi connectivity index (χ1n) is 5.46. The SMILES string of the molecule is Cc1cc(C)c(-c2nc(CN)c(Br)s2)cc1C. The maximum atomic E-state index is 5.65. The molecule has 90 valence electrons. The Hall–Kier alpha value is -0.710. The Kier molecular flexibility index (Phi) is 3.66. The molecule has 0 amide bonds. The van der Waals surface area contributed by atoms with E-state index in [1.165, 1.54) is 22.3 Å². The zero-order valence-electron chi connectivity index (χ0n) is 10.2. The van der Waals surface area contributed by atoms with Crippen LogP contribution in [0.3, 0.4) is 0 Å². The minimum atomic E-state index is 0.473. The van der Waals surface area contributed by atoms with E-state index in [0.29, 0.717) is 6.54 Å². The van der Waals surface area contributed by atoms with Crippen molar-refractivity contribution in [1.29, 1.82) is 0 Å². The van der Waals surface area contributed by atoms with Crippen molar-refractivity contribution in [3.05, 3.63) is 38.3 Å². The molecule has 2 N–H and O–H groups in total. The number of thiazole rings is 1. The van der Waals surface area contributed by atoms with Crippen LogP contribution in [0.4, 0.5) is 0 Å². The number of nitrogens with zero attached hydrogens (tertiary/aromatic N) is 1. The van der Waals surface area contributed by atoms with Crippen LogP contribution < -0.4 is 5.73 Å². The lowest BCUT2D eigenvalue weighted by molar-refractivity contribution is 1.01. The molecule has 0 fully saturated rings. The van der Waals surface area contributed by atoms with Gasteiger partial charge >= 0.3 is 0 Å². The molecule has 0 aliphatic rings. The molecule has 0 atom stereocenters. The van der Waals surface area contributed by atoms with E-state index < -0.39 is 0 Å². The summed E-state index contributed by atoms with van der Waals surface area (Å²) in [5.41, 5.74) is 11.7. The van der Waals surface area contributed by atoms with Crippen LogP contribution in [0.25, 0.3) is 10.6 Å². The Morgan fingerprint density at radius 2 is 1.82 bits per heavy atom. The maximum Gasteiger partial charge on any atom is 0.125 e. The highest BCUT2D eigenvalue weighted by atomic mass is 79.9. The van der Waals surface area contributed by atoms with Gasteiger partial charge in [0.1, 0.15) is 5.01 Å². The van der Waals surface area contributed by atoms with Crippen LogP contribution in [0, 0.1) is 20.8 Å². The van der Waals surface area contributed by atoms with Gasteiger partial charge in [-0.25, -0.2) is 4.98 Å². The van der Waals surface area contributed by atoms with Crippen LogP contribution in [0.5, 0.6) is 0 Å². The van der Waals surface area contributed by atoms with E-state index in [1.54, 1.807) is 11.3 Å². The number of aromatic nitrogens is 1. The summed E-state index contributed by atoms with van der Waals surface area (Å²) in [5, 5.41) is 1.04. The fourth-order valence-electron chi connectivity index (χ4n) is 1.77. The molecule has 0 saturated heterocycles. The van der Waals surface area contributed by atoms with Crippen molar-refractivity contribution in [2.75, 3.05) is 0 Å². The number of benzene rings is 1. The van der Waals surface area contributed by atoms with E-state index in [0.717, 1.165) is 14.5 Å². The molecule has 2 nitrogen and oxygen atoms in total. The molecule has 0 unspecified atom stereocenters. The molecule has 4 heteroatoms. The molecule has 0 radical (unpaired) electrons. The maximum absolute atomic E-state index is 5.65. The van der Waals surface area contributed by atoms with Crippen molar-refractivity contribution in [3.8, 4) is 10.6 Å². The lowest BCUT2D eigenvalue weighted by Gasteiger charge is -2.07. The van der Waals surface area contributed by atoms with Crippen molar-refractivity contribution in [1.82, 2.24) is 4.98 Å². The summed E-state index contributed by atoms with van der Waals surface area (Å²) in [7, 11) is 0. The van der Waals surface area contributed by atoms with Crippen molar-refractivity contribution in [3.63, 3.8) is 0 Å². The average Bonchev–Trinajstić information content (AvgIpc) is 2.65. The summed E-state index contributed by atoms with van der Waals surface area (Å²) in [5.74, 6) is 0. The fraction of sp³-hybridized carbons (Fsp3) is 0.308. The summed E-state index contributed by atoms with van der Waals surface area (Å²) < 4.78 is 1.03. The van der Waals surface area contributed by atoms with E-state index >= 15 is 0 Å². The van der Waals surface area contributed by atoms with Crippen LogP contribution >= 0.6 is 27.3 Å². The monoisotopic (exact) mass is 310 g/mol. The van der Waals surface area contributed by atoms with Gasteiger partial charge < -0.3 is 5.73 Å². The average molecular weight is 311 g/mol. The van der Waals surface area contributed by atoms with Gasteiger partial charge in [-0.15, -0.1) is 11.3 Å². The number of aryl methyl sites for hydroxylation is 3. The Morgan fingerprint density at radius 1 is 1.18 bits per heavy atom. The van der Waals surface area contributed by atoms with Gasteiger partial charge in [0.05, 0.1) is 9.48 Å². The van der Waals surface area contributed by atoms with E-state index in [-0.39, 0.29) is 0 Å². The van der Waals surface area contributed by atoms with E-state index in [1.807, 2.05) is 0 Å². The number of nitrogens with two attached hydrogens (primary N) is 1. The molecular weight excluding hydrogens is 296 g/mol. The second kappa shape index (κ2) is 4.88. The highest BCUT2D eigenvalue weighted by Crippen LogP contribution is 2.34. The molecule has 0 bridgehead atoms. The quantitative estimate of drug-likeness (QED) is 0.912. The Morgan fingerprint density at radius 3 is 2.41 bits per heavy atom. The largest absolute Gasteiger partial charge is 0.325 e. The normalized spacial score (nSPS) is 10.9. The zero-order valence-corrected chi connectivity index (χ0v) is 12.6. The fourth-order valence-corrected chi connectivity index (χ4v) is 3.38. The van der Waals surface area contributed by atoms with Crippen LogP contribution in [0.15, 0.2) is 15.9 Å². The van der Waals surface area contributed by atoms with Crippen molar-refractivity contribution >= 4 is 27.3 Å². The van der Waals surface area contributed by atoms with Gasteiger partial charge in [0, 0.05) is 12.1 Å². The Labute approximate surface area is 114 Å². The lowest BCUT2D eigenvalue weighted by atomic mass is 10.0. The van der Waals surface area contributed by atoms with E-state index in [2.05, 4.69) is 53.8 Å². The number of hydrogen-bond acceptors (Lipinski definition) is 3. The zero-order chi connectivity index (χ0) is 12.6. The molecule has 1 aromatic heterocycles. The summed E-state index contributed by atoms with van der Waals surface area (Å²) in [6, 6.07) is 4.42. The first kappa shape index (κ1) is 12.7. The minimum absolute atomic E-state index is 0.473. The topological polar surface area (TPSA) is 38.9 Å². The summed E-state index contributed by atoms with van der Waals surface area (Å²) >= 11 is 5.15. The van der Waals surface area contributed by atoms with Crippen molar-refractivity contribution in [2.45, 2.75) is 27.3 Å². The summed E-state index contributed by atoms with van der Waals surface area (Å²) in [6.45, 7) is 6.86. The summed E-state index contributed by atoms with van der Waals surface area (Å²) in [4.78, 5) is 4.58.